The van der Waals surface area contributed by atoms with Crippen LogP contribution in [0.4, 0.5) is 0 Å². The lowest BCUT2D eigenvalue weighted by molar-refractivity contribution is -0.732. The molecule has 0 bridgehead atoms. The minimum atomic E-state index is 0.581. The summed E-state index contributed by atoms with van der Waals surface area (Å²) in [5.41, 5.74) is 0. The first-order valence-electron chi connectivity index (χ1n) is 16.7. The van der Waals surface area contributed by atoms with E-state index in [1.165, 1.54) is 77.0 Å². The molecule has 0 N–H and O–H groups in total. The third kappa shape index (κ3) is 19.9. The predicted molar refractivity (Wildman–Crippen MR) is 163 cm³/mol. The normalized spacial score (nSPS) is 11.6. The Labute approximate surface area is 250 Å². The largest absolute Gasteiger partial charge is 0.342 e. The van der Waals surface area contributed by atoms with Gasteiger partial charge in [0.05, 0.1) is 26.4 Å². The molecule has 0 amide bonds. The maximum absolute atomic E-state index is 5.83. The second-order valence-electron chi connectivity index (χ2n) is 11.3. The van der Waals surface area contributed by atoms with Gasteiger partial charge in [-0.3, -0.25) is 0 Å². The van der Waals surface area contributed by atoms with Gasteiger partial charge in [0.15, 0.2) is 26.9 Å². The van der Waals surface area contributed by atoms with Gasteiger partial charge in [0.25, 0.3) is 0 Å². The number of aromatic nitrogens is 4. The van der Waals surface area contributed by atoms with Crippen molar-refractivity contribution in [3.8, 4) is 0 Å². The molecule has 2 aromatic rings. The molecule has 0 aromatic carbocycles. The van der Waals surface area contributed by atoms with E-state index in [-0.39, 0.29) is 0 Å². The van der Waals surface area contributed by atoms with Gasteiger partial charge in [-0.05, 0) is 32.1 Å². The van der Waals surface area contributed by atoms with Crippen molar-refractivity contribution in [2.75, 3.05) is 26.4 Å². The highest BCUT2D eigenvalue weighted by atomic mass is 16.5. The van der Waals surface area contributed by atoms with Crippen molar-refractivity contribution in [2.24, 2.45) is 0 Å². The Kier molecular flexibility index (Phi) is 22.4. The fraction of sp³-hybridized carbons (Fsp3) is 0.818. The number of hydrogen-bond donors (Lipinski definition) is 0. The lowest BCUT2D eigenvalue weighted by Crippen LogP contribution is -2.33. The summed E-state index contributed by atoms with van der Waals surface area (Å²) < 4.78 is 31.5. The molecule has 2 aromatic heterocycles. The first-order valence-corrected chi connectivity index (χ1v) is 16.7. The van der Waals surface area contributed by atoms with Crippen molar-refractivity contribution < 1.29 is 28.1 Å². The van der Waals surface area contributed by atoms with E-state index >= 15 is 0 Å². The average Bonchev–Trinajstić information content (AvgIpc) is 3.64. The highest BCUT2D eigenvalue weighted by Crippen LogP contribution is 2.08. The van der Waals surface area contributed by atoms with E-state index < -0.39 is 0 Å². The summed E-state index contributed by atoms with van der Waals surface area (Å²) in [6, 6.07) is 0. The number of unbranched alkanes of at least 4 members (excludes halogenated alkanes) is 14. The Balaban J connectivity index is 1.35. The second kappa shape index (κ2) is 25.9. The quantitative estimate of drug-likeness (QED) is 0.0731. The van der Waals surface area contributed by atoms with E-state index in [1.807, 2.05) is 37.4 Å². The number of imidazole rings is 2. The number of rotatable bonds is 30. The molecular formula is C33H62N4O4+2. The van der Waals surface area contributed by atoms with Crippen LogP contribution in [0.2, 0.25) is 0 Å². The highest BCUT2D eigenvalue weighted by Gasteiger charge is 2.05. The Morgan fingerprint density at radius 3 is 1.20 bits per heavy atom. The van der Waals surface area contributed by atoms with Crippen LogP contribution in [0, 0.1) is 0 Å². The Bertz CT molecular complexity index is 760. The van der Waals surface area contributed by atoms with E-state index in [1.54, 1.807) is 0 Å². The van der Waals surface area contributed by atoms with Gasteiger partial charge in [-0.15, -0.1) is 0 Å². The molecule has 0 spiro atoms. The van der Waals surface area contributed by atoms with Crippen LogP contribution in [0.1, 0.15) is 123 Å². The van der Waals surface area contributed by atoms with Gasteiger partial charge in [-0.1, -0.05) is 90.9 Å². The highest BCUT2D eigenvalue weighted by molar-refractivity contribution is 4.64. The second-order valence-corrected chi connectivity index (χ2v) is 11.3. The van der Waals surface area contributed by atoms with Gasteiger partial charge >= 0.3 is 0 Å². The van der Waals surface area contributed by atoms with Crippen molar-refractivity contribution in [1.82, 2.24) is 9.13 Å². The molecule has 0 fully saturated rings. The molecule has 2 rings (SSSR count). The Hall–Kier alpha value is -1.74. The third-order valence-electron chi connectivity index (χ3n) is 7.32. The molecule has 0 aliphatic carbocycles. The van der Waals surface area contributed by atoms with Crippen LogP contribution in [0.15, 0.2) is 37.4 Å². The summed E-state index contributed by atoms with van der Waals surface area (Å²) in [5, 5.41) is 0. The van der Waals surface area contributed by atoms with Gasteiger partial charge in [0, 0.05) is 0 Å². The van der Waals surface area contributed by atoms with E-state index in [0.717, 1.165) is 58.5 Å². The summed E-state index contributed by atoms with van der Waals surface area (Å²) >= 11 is 0. The van der Waals surface area contributed by atoms with Gasteiger partial charge in [0.2, 0.25) is 12.7 Å². The minimum Gasteiger partial charge on any atom is -0.342 e. The first kappa shape index (κ1) is 35.5. The maximum Gasteiger partial charge on any atom is 0.247 e. The standard InChI is InChI=1S/C33H62N4O4/c1-3-5-7-9-11-13-16-24-38-30-34-20-22-36(28-34)32-40-26-18-15-19-27-41-33-37-23-21-35(29-37)31-39-25-17-14-12-10-8-6-4-2/h20-23,28-29H,3-19,24-27,30-33H2,1-2H3/q+2. The molecule has 0 radical (unpaired) electrons. The lowest BCUT2D eigenvalue weighted by atomic mass is 10.1. The summed E-state index contributed by atoms with van der Waals surface area (Å²) in [6.07, 6.45) is 33.8. The van der Waals surface area contributed by atoms with Crippen molar-refractivity contribution in [3.05, 3.63) is 37.4 Å². The minimum absolute atomic E-state index is 0.581. The molecule has 41 heavy (non-hydrogen) atoms. The summed E-state index contributed by atoms with van der Waals surface area (Å²) in [6.45, 7) is 10.1. The van der Waals surface area contributed by atoms with Crippen molar-refractivity contribution in [3.63, 3.8) is 0 Å². The molecule has 0 unspecified atom stereocenters. The molecule has 0 aliphatic heterocycles. The zero-order valence-electron chi connectivity index (χ0n) is 26.6. The lowest BCUT2D eigenvalue weighted by Gasteiger charge is -2.04. The van der Waals surface area contributed by atoms with Crippen LogP contribution < -0.4 is 9.13 Å². The van der Waals surface area contributed by atoms with Crippen LogP contribution in [0.25, 0.3) is 0 Å². The molecule has 2 heterocycles. The molecule has 0 aliphatic rings. The maximum atomic E-state index is 5.83. The molecule has 8 heteroatoms. The van der Waals surface area contributed by atoms with Gasteiger partial charge in [-0.2, -0.15) is 0 Å². The SMILES string of the molecule is CCCCCCCCCOCn1cc[n+](COCCCCCOC[n+]2ccn(COCCCCCCCCC)c2)c1. The molecular weight excluding hydrogens is 516 g/mol. The zero-order chi connectivity index (χ0) is 29.1. The number of nitrogens with zero attached hydrogens (tertiary/aromatic N) is 4. The fourth-order valence-corrected chi connectivity index (χ4v) is 4.77. The zero-order valence-corrected chi connectivity index (χ0v) is 26.6. The van der Waals surface area contributed by atoms with E-state index in [2.05, 4.69) is 32.1 Å². The molecule has 8 nitrogen and oxygen atoms in total. The van der Waals surface area contributed by atoms with Crippen LogP contribution >= 0.6 is 0 Å². The summed E-state index contributed by atoms with van der Waals surface area (Å²) in [7, 11) is 0. The van der Waals surface area contributed by atoms with Crippen molar-refractivity contribution >= 4 is 0 Å². The van der Waals surface area contributed by atoms with Crippen LogP contribution in [0.5, 0.6) is 0 Å². The molecule has 0 saturated heterocycles. The molecule has 236 valence electrons. The van der Waals surface area contributed by atoms with Crippen molar-refractivity contribution in [1.29, 1.82) is 0 Å². The fourth-order valence-electron chi connectivity index (χ4n) is 4.77. The smallest absolute Gasteiger partial charge is 0.247 e. The van der Waals surface area contributed by atoms with Gasteiger partial charge in [0.1, 0.15) is 24.8 Å². The van der Waals surface area contributed by atoms with Crippen molar-refractivity contribution in [2.45, 2.75) is 150 Å². The van der Waals surface area contributed by atoms with E-state index in [9.17, 15) is 0 Å². The van der Waals surface area contributed by atoms with Gasteiger partial charge < -0.3 is 18.9 Å². The van der Waals surface area contributed by atoms with E-state index in [0.29, 0.717) is 26.9 Å². The molecule has 0 saturated carbocycles. The predicted octanol–water partition coefficient (Wildman–Crippen LogP) is 7.13. The Morgan fingerprint density at radius 2 is 0.780 bits per heavy atom. The number of ether oxygens (including phenoxy) is 4. The van der Waals surface area contributed by atoms with Crippen LogP contribution in [-0.2, 0) is 45.9 Å². The van der Waals surface area contributed by atoms with Crippen LogP contribution in [0.3, 0.4) is 0 Å². The van der Waals surface area contributed by atoms with Crippen LogP contribution in [-0.4, -0.2) is 35.6 Å². The third-order valence-corrected chi connectivity index (χ3v) is 7.32. The Morgan fingerprint density at radius 1 is 0.439 bits per heavy atom. The average molecular weight is 579 g/mol. The van der Waals surface area contributed by atoms with E-state index in [4.69, 9.17) is 18.9 Å². The first-order chi connectivity index (χ1) is 20.3. The number of hydrogen-bond acceptors (Lipinski definition) is 4. The summed E-state index contributed by atoms with van der Waals surface area (Å²) in [5.74, 6) is 0. The molecule has 0 atom stereocenters. The topological polar surface area (TPSA) is 54.5 Å². The van der Waals surface area contributed by atoms with Gasteiger partial charge in [-0.25, -0.2) is 18.3 Å². The monoisotopic (exact) mass is 578 g/mol. The summed E-state index contributed by atoms with van der Waals surface area (Å²) in [4.78, 5) is 0.